The van der Waals surface area contributed by atoms with Crippen LogP contribution in [0.15, 0.2) is 4.99 Å². The van der Waals surface area contributed by atoms with Crippen molar-refractivity contribution in [3.05, 3.63) is 0 Å². The first-order valence-corrected chi connectivity index (χ1v) is 3.26. The predicted octanol–water partition coefficient (Wildman–Crippen LogP) is -0.450. The summed E-state index contributed by atoms with van der Waals surface area (Å²) in [6.07, 6.45) is 1.21. The number of hydrogen-bond donors (Lipinski definition) is 1. The summed E-state index contributed by atoms with van der Waals surface area (Å²) in [5, 5.41) is 2.84. The molecule has 4 nitrogen and oxygen atoms in total. The van der Waals surface area contributed by atoms with Crippen molar-refractivity contribution >= 4 is 12.2 Å². The lowest BCUT2D eigenvalue weighted by atomic mass is 10.5. The molecule has 1 aliphatic rings. The van der Waals surface area contributed by atoms with Gasteiger partial charge in [0.15, 0.2) is 6.17 Å². The summed E-state index contributed by atoms with van der Waals surface area (Å²) >= 11 is 0. The van der Waals surface area contributed by atoms with E-state index in [9.17, 15) is 4.79 Å². The molecule has 1 N–H and O–H groups in total. The van der Waals surface area contributed by atoms with Gasteiger partial charge in [0, 0.05) is 12.8 Å². The van der Waals surface area contributed by atoms with Crippen LogP contribution in [0.1, 0.15) is 6.92 Å². The van der Waals surface area contributed by atoms with Crippen LogP contribution in [-0.2, 0) is 9.53 Å². The molecule has 4 heteroatoms. The van der Waals surface area contributed by atoms with Gasteiger partial charge in [-0.05, 0) is 6.92 Å². The lowest BCUT2D eigenvalue weighted by Gasteiger charge is -2.05. The molecule has 0 aromatic heterocycles. The van der Waals surface area contributed by atoms with Crippen LogP contribution in [0.2, 0.25) is 0 Å². The molecule has 0 radical (unpaired) electrons. The zero-order valence-electron chi connectivity index (χ0n) is 5.83. The van der Waals surface area contributed by atoms with Crippen LogP contribution in [0.25, 0.3) is 0 Å². The normalized spacial score (nSPS) is 23.1. The van der Waals surface area contributed by atoms with E-state index in [-0.39, 0.29) is 5.97 Å². The smallest absolute Gasteiger partial charge is 0.345 e. The van der Waals surface area contributed by atoms with Crippen molar-refractivity contribution in [2.75, 3.05) is 13.2 Å². The first-order valence-electron chi connectivity index (χ1n) is 3.26. The minimum atomic E-state index is -0.458. The molecule has 0 aromatic carbocycles. The number of ether oxygens (including phenoxy) is 1. The topological polar surface area (TPSA) is 50.7 Å². The van der Waals surface area contributed by atoms with Crippen LogP contribution in [0.4, 0.5) is 0 Å². The number of nitrogens with one attached hydrogen (secondary N) is 1. The number of carbonyl (C=O) groups excluding carboxylic acids is 1. The van der Waals surface area contributed by atoms with Gasteiger partial charge >= 0.3 is 5.97 Å². The zero-order valence-corrected chi connectivity index (χ0v) is 5.83. The van der Waals surface area contributed by atoms with Crippen molar-refractivity contribution in [3.63, 3.8) is 0 Å². The Hall–Kier alpha value is -0.900. The van der Waals surface area contributed by atoms with Crippen molar-refractivity contribution in [1.29, 1.82) is 0 Å². The molecule has 1 heterocycles. The second-order valence-electron chi connectivity index (χ2n) is 1.89. The third-order valence-corrected chi connectivity index (χ3v) is 1.17. The molecule has 1 aliphatic heterocycles. The van der Waals surface area contributed by atoms with Crippen LogP contribution >= 0.6 is 0 Å². The van der Waals surface area contributed by atoms with Crippen molar-refractivity contribution in [1.82, 2.24) is 5.32 Å². The predicted molar refractivity (Wildman–Crippen MR) is 36.9 cm³/mol. The highest BCUT2D eigenvalue weighted by Crippen LogP contribution is 1.93. The Bertz CT molecular complexity index is 156. The molecule has 56 valence electrons. The summed E-state index contributed by atoms with van der Waals surface area (Å²) < 4.78 is 4.71. The highest BCUT2D eigenvalue weighted by molar-refractivity contribution is 5.80. The third-order valence-electron chi connectivity index (χ3n) is 1.17. The largest absolute Gasteiger partial charge is 0.463 e. The molecule has 1 rings (SSSR count). The van der Waals surface area contributed by atoms with Crippen LogP contribution in [-0.4, -0.2) is 31.5 Å². The molecular formula is C6H10N2O2. The quantitative estimate of drug-likeness (QED) is 0.531. The van der Waals surface area contributed by atoms with Gasteiger partial charge in [-0.25, -0.2) is 4.79 Å². The Balaban J connectivity index is 2.33. The van der Waals surface area contributed by atoms with E-state index in [1.807, 2.05) is 0 Å². The molecule has 0 saturated heterocycles. The average Bonchev–Trinajstić information content (AvgIpc) is 2.38. The lowest BCUT2D eigenvalue weighted by molar-refractivity contribution is -0.145. The fourth-order valence-electron chi connectivity index (χ4n) is 0.741. The summed E-state index contributed by atoms with van der Waals surface area (Å²) in [5.74, 6) is -0.295. The average molecular weight is 142 g/mol. The highest BCUT2D eigenvalue weighted by Gasteiger charge is 2.19. The van der Waals surface area contributed by atoms with Gasteiger partial charge < -0.3 is 4.74 Å². The third kappa shape index (κ3) is 1.54. The van der Waals surface area contributed by atoms with Crippen molar-refractivity contribution in [2.24, 2.45) is 4.99 Å². The van der Waals surface area contributed by atoms with E-state index >= 15 is 0 Å². The van der Waals surface area contributed by atoms with E-state index in [1.54, 1.807) is 13.1 Å². The number of hydrogen-bond acceptors (Lipinski definition) is 4. The van der Waals surface area contributed by atoms with Crippen LogP contribution in [0.3, 0.4) is 0 Å². The Morgan fingerprint density at radius 1 is 2.00 bits per heavy atom. The molecule has 0 spiro atoms. The fourth-order valence-corrected chi connectivity index (χ4v) is 0.741. The SMILES string of the molecule is CCOC(=O)C1N=CCN1. The number of nitrogens with zero attached hydrogens (tertiary/aromatic N) is 1. The number of rotatable bonds is 2. The second-order valence-corrected chi connectivity index (χ2v) is 1.89. The van der Waals surface area contributed by atoms with E-state index < -0.39 is 6.17 Å². The van der Waals surface area contributed by atoms with E-state index in [1.165, 1.54) is 0 Å². The Morgan fingerprint density at radius 2 is 2.80 bits per heavy atom. The molecule has 0 aliphatic carbocycles. The summed E-state index contributed by atoms with van der Waals surface area (Å²) in [6, 6.07) is 0. The highest BCUT2D eigenvalue weighted by atomic mass is 16.5. The van der Waals surface area contributed by atoms with E-state index in [4.69, 9.17) is 4.74 Å². The van der Waals surface area contributed by atoms with Crippen LogP contribution in [0, 0.1) is 0 Å². The minimum absolute atomic E-state index is 0.295. The van der Waals surface area contributed by atoms with E-state index in [2.05, 4.69) is 10.3 Å². The Morgan fingerprint density at radius 3 is 3.30 bits per heavy atom. The standard InChI is InChI=1S/C6H10N2O2/c1-2-10-6(9)5-7-3-4-8-5/h3,5,8H,2,4H2,1H3. The van der Waals surface area contributed by atoms with Gasteiger partial charge in [-0.1, -0.05) is 0 Å². The Labute approximate surface area is 59.3 Å². The van der Waals surface area contributed by atoms with Gasteiger partial charge in [0.05, 0.1) is 6.61 Å². The van der Waals surface area contributed by atoms with E-state index in [0.29, 0.717) is 13.2 Å². The van der Waals surface area contributed by atoms with Gasteiger partial charge in [-0.3, -0.25) is 10.3 Å². The van der Waals surface area contributed by atoms with Crippen LogP contribution < -0.4 is 5.32 Å². The minimum Gasteiger partial charge on any atom is -0.463 e. The molecule has 0 aromatic rings. The molecule has 1 unspecified atom stereocenters. The molecule has 1 atom stereocenters. The summed E-state index contributed by atoms with van der Waals surface area (Å²) in [4.78, 5) is 14.7. The molecule has 10 heavy (non-hydrogen) atoms. The van der Waals surface area contributed by atoms with Gasteiger partial charge in [0.25, 0.3) is 0 Å². The molecular weight excluding hydrogens is 132 g/mol. The Kier molecular flexibility index (Phi) is 2.39. The molecule has 0 fully saturated rings. The molecule has 0 amide bonds. The van der Waals surface area contributed by atoms with Gasteiger partial charge in [0.2, 0.25) is 0 Å². The first-order chi connectivity index (χ1) is 4.84. The van der Waals surface area contributed by atoms with Gasteiger partial charge in [-0.15, -0.1) is 0 Å². The maximum atomic E-state index is 10.8. The summed E-state index contributed by atoms with van der Waals surface area (Å²) in [5.41, 5.74) is 0. The number of carbonyl (C=O) groups is 1. The van der Waals surface area contributed by atoms with Gasteiger partial charge in [-0.2, -0.15) is 0 Å². The first kappa shape index (κ1) is 7.21. The number of aliphatic imine (C=N–C) groups is 1. The zero-order chi connectivity index (χ0) is 7.40. The summed E-state index contributed by atoms with van der Waals surface area (Å²) in [6.45, 7) is 2.84. The van der Waals surface area contributed by atoms with Gasteiger partial charge in [0.1, 0.15) is 0 Å². The van der Waals surface area contributed by atoms with Crippen molar-refractivity contribution in [2.45, 2.75) is 13.1 Å². The second kappa shape index (κ2) is 3.31. The van der Waals surface area contributed by atoms with E-state index in [0.717, 1.165) is 0 Å². The fraction of sp³-hybridized carbons (Fsp3) is 0.667. The van der Waals surface area contributed by atoms with Crippen molar-refractivity contribution < 1.29 is 9.53 Å². The molecule has 0 saturated carbocycles. The monoisotopic (exact) mass is 142 g/mol. The van der Waals surface area contributed by atoms with Crippen molar-refractivity contribution in [3.8, 4) is 0 Å². The maximum Gasteiger partial charge on any atom is 0.345 e. The maximum absolute atomic E-state index is 10.8. The summed E-state index contributed by atoms with van der Waals surface area (Å²) in [7, 11) is 0. The number of esters is 1. The van der Waals surface area contributed by atoms with Crippen LogP contribution in [0.5, 0.6) is 0 Å². The molecule has 0 bridgehead atoms. The lowest BCUT2D eigenvalue weighted by Crippen LogP contribution is -2.32.